The molecule has 3 aliphatic carbocycles. The van der Waals surface area contributed by atoms with E-state index >= 15 is 0 Å². The van der Waals surface area contributed by atoms with E-state index in [2.05, 4.69) is 47.2 Å². The number of nitriles is 1. The van der Waals surface area contributed by atoms with Crippen molar-refractivity contribution in [2.24, 2.45) is 17.1 Å². The normalized spacial score (nSPS) is 26.9. The first-order chi connectivity index (χ1) is 22.1. The summed E-state index contributed by atoms with van der Waals surface area (Å²) < 4.78 is 41.8. The number of fused-ring (bicyclic) bond motifs is 2. The van der Waals surface area contributed by atoms with Gasteiger partial charge in [-0.25, -0.2) is 8.78 Å². The molecule has 244 valence electrons. The van der Waals surface area contributed by atoms with E-state index < -0.39 is 22.8 Å². The number of nitrogens with two attached hydrogens (primary N) is 1. The highest BCUT2D eigenvalue weighted by Crippen LogP contribution is 2.52. The van der Waals surface area contributed by atoms with Gasteiger partial charge in [0.25, 0.3) is 0 Å². The zero-order chi connectivity index (χ0) is 32.2. The molecule has 1 saturated heterocycles. The number of morpholine rings is 1. The number of halogens is 2. The van der Waals surface area contributed by atoms with Gasteiger partial charge in [-0.2, -0.15) is 15.2 Å². The average Bonchev–Trinajstić information content (AvgIpc) is 3.68. The SMILES string of the molecule is C[C@@H]1CN(CC2(COc3nc(NCC4(N(C)C)CCC4)c4cnc(C5=CC(F)=C(F)C6SC(N)=C(C#N)C56)cc4n3)CC2)CCO1. The molecule has 0 bridgehead atoms. The highest BCUT2D eigenvalue weighted by Gasteiger charge is 2.46. The predicted octanol–water partition coefficient (Wildman–Crippen LogP) is 4.77. The third kappa shape index (κ3) is 5.74. The number of thioether (sulfide) groups is 1. The van der Waals surface area contributed by atoms with Gasteiger partial charge in [0.15, 0.2) is 5.83 Å². The number of hydrogen-bond donors (Lipinski definition) is 2. The second-order valence-corrected chi connectivity index (χ2v) is 14.9. The lowest BCUT2D eigenvalue weighted by molar-refractivity contribution is -0.0272. The molecule has 13 heteroatoms. The van der Waals surface area contributed by atoms with Crippen LogP contribution in [-0.2, 0) is 4.74 Å². The number of aromatic nitrogens is 3. The van der Waals surface area contributed by atoms with Crippen molar-refractivity contribution >= 4 is 34.1 Å². The number of pyridine rings is 1. The molecule has 0 spiro atoms. The summed E-state index contributed by atoms with van der Waals surface area (Å²) in [4.78, 5) is 19.0. The van der Waals surface area contributed by atoms with Crippen molar-refractivity contribution in [3.05, 3.63) is 46.3 Å². The van der Waals surface area contributed by atoms with Gasteiger partial charge in [0.1, 0.15) is 11.6 Å². The summed E-state index contributed by atoms with van der Waals surface area (Å²) in [5, 5.41) is 13.4. The second-order valence-electron chi connectivity index (χ2n) is 13.7. The molecule has 2 unspecified atom stereocenters. The zero-order valence-corrected chi connectivity index (χ0v) is 27.3. The summed E-state index contributed by atoms with van der Waals surface area (Å²) in [6.45, 7) is 6.82. The number of rotatable bonds is 10. The average molecular weight is 651 g/mol. The number of anilines is 1. The lowest BCUT2D eigenvalue weighted by Crippen LogP contribution is -2.54. The number of nitrogens with one attached hydrogen (secondary N) is 1. The van der Waals surface area contributed by atoms with Crippen molar-refractivity contribution in [2.45, 2.75) is 55.9 Å². The first kappa shape index (κ1) is 31.3. The quantitative estimate of drug-likeness (QED) is 0.369. The third-order valence-corrected chi connectivity index (χ3v) is 11.6. The molecule has 3 fully saturated rings. The molecule has 0 aromatic carbocycles. The second kappa shape index (κ2) is 12.0. The Balaban J connectivity index is 1.21. The fraction of sp³-hybridized carbons (Fsp3) is 0.576. The van der Waals surface area contributed by atoms with Crippen LogP contribution >= 0.6 is 11.8 Å². The standard InChI is InChI=1S/C33H40F2N8O2S/c1-19-15-43(9-10-44-19)17-32(7-8-32)18-45-31-40-25-12-24(20-11-23(34)27(35)28-26(20)21(13-36)29(37)46-28)38-14-22(25)30(41-31)39-16-33(42(2)3)5-4-6-33/h11-12,14,19,26,28H,4-10,15-18,37H2,1-3H3,(H,39,40,41)/t19-,26?,28?/m1/s1. The molecule has 7 rings (SSSR count). The summed E-state index contributed by atoms with van der Waals surface area (Å²) in [5.74, 6) is -2.02. The largest absolute Gasteiger partial charge is 0.463 e. The Labute approximate surface area is 272 Å². The van der Waals surface area contributed by atoms with Crippen LogP contribution in [0, 0.1) is 22.7 Å². The molecule has 2 aromatic heterocycles. The van der Waals surface area contributed by atoms with Crippen molar-refractivity contribution in [3.8, 4) is 12.1 Å². The molecular weight excluding hydrogens is 610 g/mol. The molecule has 0 amide bonds. The van der Waals surface area contributed by atoms with Gasteiger partial charge in [-0.1, -0.05) is 11.8 Å². The third-order valence-electron chi connectivity index (χ3n) is 10.4. The Morgan fingerprint density at radius 1 is 1.26 bits per heavy atom. The predicted molar refractivity (Wildman–Crippen MR) is 174 cm³/mol. The summed E-state index contributed by atoms with van der Waals surface area (Å²) in [6.07, 6.45) is 8.53. The minimum Gasteiger partial charge on any atom is -0.463 e. The van der Waals surface area contributed by atoms with Gasteiger partial charge < -0.3 is 25.4 Å². The molecule has 10 nitrogen and oxygen atoms in total. The zero-order valence-electron chi connectivity index (χ0n) is 26.5. The molecule has 2 saturated carbocycles. The van der Waals surface area contributed by atoms with E-state index in [-0.39, 0.29) is 33.7 Å². The Hall–Kier alpha value is -3.31. The molecular formula is C33H40F2N8O2S. The van der Waals surface area contributed by atoms with Crippen LogP contribution in [0.15, 0.2) is 40.6 Å². The van der Waals surface area contributed by atoms with Crippen molar-refractivity contribution in [1.29, 1.82) is 5.26 Å². The maximum atomic E-state index is 14.9. The lowest BCUT2D eigenvalue weighted by atomic mass is 9.75. The van der Waals surface area contributed by atoms with Crippen LogP contribution < -0.4 is 15.8 Å². The summed E-state index contributed by atoms with van der Waals surface area (Å²) in [5.41, 5.74) is 7.74. The molecule has 3 N–H and O–H groups in total. The molecule has 2 aliphatic heterocycles. The highest BCUT2D eigenvalue weighted by atomic mass is 32.2. The lowest BCUT2D eigenvalue weighted by Gasteiger charge is -2.47. The number of nitrogens with zero attached hydrogens (tertiary/aromatic N) is 6. The van der Waals surface area contributed by atoms with Crippen LogP contribution in [0.2, 0.25) is 0 Å². The van der Waals surface area contributed by atoms with Gasteiger partial charge in [-0.3, -0.25) is 9.88 Å². The van der Waals surface area contributed by atoms with Crippen molar-refractivity contribution in [3.63, 3.8) is 0 Å². The van der Waals surface area contributed by atoms with E-state index in [9.17, 15) is 14.0 Å². The molecule has 2 aromatic rings. The van der Waals surface area contributed by atoms with Crippen molar-refractivity contribution in [2.75, 3.05) is 58.8 Å². The van der Waals surface area contributed by atoms with Crippen LogP contribution in [-0.4, -0.2) is 95.1 Å². The maximum absolute atomic E-state index is 14.9. The van der Waals surface area contributed by atoms with Crippen LogP contribution in [0.25, 0.3) is 16.5 Å². The van der Waals surface area contributed by atoms with E-state index in [1.54, 1.807) is 12.3 Å². The summed E-state index contributed by atoms with van der Waals surface area (Å²) >= 11 is 0.970. The van der Waals surface area contributed by atoms with Crippen molar-refractivity contribution in [1.82, 2.24) is 24.8 Å². The van der Waals surface area contributed by atoms with E-state index in [4.69, 9.17) is 25.2 Å². The minimum atomic E-state index is -0.981. The van der Waals surface area contributed by atoms with Crippen LogP contribution in [0.4, 0.5) is 14.6 Å². The van der Waals surface area contributed by atoms with Crippen molar-refractivity contribution < 1.29 is 18.3 Å². The Morgan fingerprint density at radius 2 is 2.07 bits per heavy atom. The van der Waals surface area contributed by atoms with Gasteiger partial charge in [0, 0.05) is 49.2 Å². The number of likely N-dealkylation sites (N-methyl/N-ethyl adjacent to an activating group) is 1. The molecule has 5 aliphatic rings. The smallest absolute Gasteiger partial charge is 0.318 e. The monoisotopic (exact) mass is 650 g/mol. The van der Waals surface area contributed by atoms with Gasteiger partial charge in [-0.05, 0) is 70.8 Å². The topological polar surface area (TPSA) is 125 Å². The summed E-state index contributed by atoms with van der Waals surface area (Å²) in [6, 6.07) is 4.11. The van der Waals surface area contributed by atoms with E-state index in [1.807, 2.05) is 0 Å². The molecule has 0 radical (unpaired) electrons. The fourth-order valence-electron chi connectivity index (χ4n) is 7.11. The molecule has 3 atom stereocenters. The van der Waals surface area contributed by atoms with Crippen LogP contribution in [0.3, 0.4) is 0 Å². The van der Waals surface area contributed by atoms with E-state index in [1.165, 1.54) is 6.42 Å². The highest BCUT2D eigenvalue weighted by molar-refractivity contribution is 8.04. The van der Waals surface area contributed by atoms with E-state index in [0.29, 0.717) is 41.1 Å². The minimum absolute atomic E-state index is 0.0367. The molecule has 4 heterocycles. The Kier molecular flexibility index (Phi) is 8.20. The fourth-order valence-corrected chi connectivity index (χ4v) is 8.31. The van der Waals surface area contributed by atoms with Crippen LogP contribution in [0.1, 0.15) is 44.7 Å². The Morgan fingerprint density at radius 3 is 2.74 bits per heavy atom. The van der Waals surface area contributed by atoms with Gasteiger partial charge >= 0.3 is 6.01 Å². The van der Waals surface area contributed by atoms with Gasteiger partial charge in [0.05, 0.1) is 57.8 Å². The first-order valence-corrected chi connectivity index (χ1v) is 16.9. The van der Waals surface area contributed by atoms with Gasteiger partial charge in [-0.15, -0.1) is 0 Å². The van der Waals surface area contributed by atoms with E-state index in [0.717, 1.165) is 69.8 Å². The molecule has 46 heavy (non-hydrogen) atoms. The Bertz CT molecular complexity index is 1680. The summed E-state index contributed by atoms with van der Waals surface area (Å²) in [7, 11) is 4.20. The maximum Gasteiger partial charge on any atom is 0.318 e. The number of hydrogen-bond acceptors (Lipinski definition) is 11. The number of ether oxygens (including phenoxy) is 2. The first-order valence-electron chi connectivity index (χ1n) is 16.0. The number of allylic oxidation sites excluding steroid dienone is 4. The van der Waals surface area contributed by atoms with Gasteiger partial charge in [0.2, 0.25) is 0 Å². The van der Waals surface area contributed by atoms with Crippen LogP contribution in [0.5, 0.6) is 6.01 Å².